The monoisotopic (exact) mass is 259 g/mol. The van der Waals surface area contributed by atoms with E-state index in [9.17, 15) is 9.59 Å². The Morgan fingerprint density at radius 3 is 2.85 bits per heavy atom. The molecule has 0 unspecified atom stereocenters. The second kappa shape index (κ2) is 4.33. The summed E-state index contributed by atoms with van der Waals surface area (Å²) in [6, 6.07) is 4.65. The van der Waals surface area contributed by atoms with Crippen LogP contribution in [0, 0.1) is 0 Å². The zero-order chi connectivity index (χ0) is 9.84. The molecule has 3 nitrogen and oxygen atoms in total. The van der Waals surface area contributed by atoms with Gasteiger partial charge in [-0.3, -0.25) is 4.79 Å². The van der Waals surface area contributed by atoms with E-state index in [4.69, 9.17) is 11.6 Å². The number of benzene rings is 1. The van der Waals surface area contributed by atoms with Gasteiger partial charge in [0.25, 0.3) is 5.91 Å². The van der Waals surface area contributed by atoms with E-state index in [2.05, 4.69) is 20.9 Å². The minimum Gasteiger partial charge on any atom is -0.266 e. The number of nitrogens with zero attached hydrogens (tertiary/aromatic N) is 1. The van der Waals surface area contributed by atoms with Crippen molar-refractivity contribution in [3.8, 4) is 0 Å². The fraction of sp³-hybridized carbons (Fsp3) is 0. The van der Waals surface area contributed by atoms with Crippen LogP contribution in [0.4, 0.5) is 0 Å². The number of carbonyl (C=O) groups is 1. The van der Waals surface area contributed by atoms with Crippen LogP contribution in [0.5, 0.6) is 0 Å². The summed E-state index contributed by atoms with van der Waals surface area (Å²) in [6.45, 7) is 0. The molecule has 0 aliphatic heterocycles. The third kappa shape index (κ3) is 2.49. The molecule has 0 heterocycles. The number of isocyanates is 1. The van der Waals surface area contributed by atoms with Gasteiger partial charge >= 0.3 is 0 Å². The van der Waals surface area contributed by atoms with Gasteiger partial charge in [0.05, 0.1) is 5.56 Å². The highest BCUT2D eigenvalue weighted by Crippen LogP contribution is 2.21. The number of hydrogen-bond donors (Lipinski definition) is 0. The smallest absolute Gasteiger partial charge is 0.266 e. The molecule has 0 aromatic heterocycles. The molecular formula is C8H3BrClNO2. The van der Waals surface area contributed by atoms with E-state index in [0.29, 0.717) is 9.50 Å². The van der Waals surface area contributed by atoms with Gasteiger partial charge in [-0.15, -0.1) is 4.99 Å². The maximum Gasteiger partial charge on any atom is 0.288 e. The molecule has 0 fully saturated rings. The number of rotatable bonds is 1. The zero-order valence-corrected chi connectivity index (χ0v) is 8.59. The lowest BCUT2D eigenvalue weighted by atomic mass is 10.2. The van der Waals surface area contributed by atoms with Crippen LogP contribution in [0.2, 0.25) is 5.02 Å². The van der Waals surface area contributed by atoms with E-state index in [1.165, 1.54) is 12.1 Å². The molecule has 0 N–H and O–H groups in total. The van der Waals surface area contributed by atoms with E-state index in [1.807, 2.05) is 0 Å². The standard InChI is InChI=1S/C8H3BrClNO2/c9-7-2-1-5(10)3-6(7)8(13)11-4-12/h1-3H. The van der Waals surface area contributed by atoms with Crippen LogP contribution in [0.25, 0.3) is 0 Å². The van der Waals surface area contributed by atoms with Crippen molar-refractivity contribution in [3.63, 3.8) is 0 Å². The van der Waals surface area contributed by atoms with Crippen molar-refractivity contribution in [3.05, 3.63) is 33.3 Å². The molecule has 66 valence electrons. The quantitative estimate of drug-likeness (QED) is 0.575. The summed E-state index contributed by atoms with van der Waals surface area (Å²) in [5.41, 5.74) is 0.246. The molecule has 13 heavy (non-hydrogen) atoms. The molecule has 1 aromatic rings. The van der Waals surface area contributed by atoms with E-state index in [-0.39, 0.29) is 5.56 Å². The maximum absolute atomic E-state index is 11.1. The fourth-order valence-electron chi connectivity index (χ4n) is 0.763. The van der Waals surface area contributed by atoms with Gasteiger partial charge < -0.3 is 0 Å². The minimum atomic E-state index is -0.663. The van der Waals surface area contributed by atoms with Gasteiger partial charge in [0, 0.05) is 9.50 Å². The van der Waals surface area contributed by atoms with Gasteiger partial charge in [-0.2, -0.15) is 0 Å². The Morgan fingerprint density at radius 2 is 2.23 bits per heavy atom. The fourth-order valence-corrected chi connectivity index (χ4v) is 1.35. The SMILES string of the molecule is O=C=NC(=O)c1cc(Cl)ccc1Br. The van der Waals surface area contributed by atoms with Gasteiger partial charge in [-0.05, 0) is 34.1 Å². The zero-order valence-electron chi connectivity index (χ0n) is 6.25. The van der Waals surface area contributed by atoms with Gasteiger partial charge in [-0.1, -0.05) is 11.6 Å². The lowest BCUT2D eigenvalue weighted by molar-refractivity contribution is 0.100. The number of halogens is 2. The van der Waals surface area contributed by atoms with Crippen molar-refractivity contribution in [2.45, 2.75) is 0 Å². The number of amides is 1. The van der Waals surface area contributed by atoms with Crippen LogP contribution < -0.4 is 0 Å². The number of carbonyl (C=O) groups excluding carboxylic acids is 2. The third-order valence-electron chi connectivity index (χ3n) is 1.31. The Balaban J connectivity index is 3.20. The Bertz CT molecular complexity index is 399. The normalized spacial score (nSPS) is 9.08. The van der Waals surface area contributed by atoms with Crippen molar-refractivity contribution >= 4 is 39.5 Å². The molecule has 0 aliphatic rings. The van der Waals surface area contributed by atoms with Crippen molar-refractivity contribution < 1.29 is 9.59 Å². The van der Waals surface area contributed by atoms with Crippen molar-refractivity contribution in [1.82, 2.24) is 0 Å². The first kappa shape index (κ1) is 10.1. The highest BCUT2D eigenvalue weighted by molar-refractivity contribution is 9.10. The van der Waals surface area contributed by atoms with Crippen LogP contribution >= 0.6 is 27.5 Å². The Kier molecular flexibility index (Phi) is 3.37. The predicted molar refractivity (Wildman–Crippen MR) is 51.6 cm³/mol. The van der Waals surface area contributed by atoms with E-state index >= 15 is 0 Å². The van der Waals surface area contributed by atoms with Crippen molar-refractivity contribution in [2.24, 2.45) is 4.99 Å². The van der Waals surface area contributed by atoms with E-state index in [0.717, 1.165) is 0 Å². The summed E-state index contributed by atoms with van der Waals surface area (Å²) in [5, 5.41) is 0.410. The molecule has 0 spiro atoms. The molecule has 1 aromatic carbocycles. The summed E-state index contributed by atoms with van der Waals surface area (Å²) in [5.74, 6) is -0.663. The summed E-state index contributed by atoms with van der Waals surface area (Å²) < 4.78 is 0.543. The molecule has 0 aliphatic carbocycles. The molecular weight excluding hydrogens is 257 g/mol. The Morgan fingerprint density at radius 1 is 1.54 bits per heavy atom. The summed E-state index contributed by atoms with van der Waals surface area (Å²) >= 11 is 8.78. The second-order valence-corrected chi connectivity index (χ2v) is 3.42. The molecule has 1 rings (SSSR count). The largest absolute Gasteiger partial charge is 0.288 e. The maximum atomic E-state index is 11.1. The number of aliphatic imine (C=N–C) groups is 1. The highest BCUT2D eigenvalue weighted by Gasteiger charge is 2.08. The molecule has 0 saturated carbocycles. The van der Waals surface area contributed by atoms with Gasteiger partial charge in [-0.25, -0.2) is 4.79 Å². The summed E-state index contributed by atoms with van der Waals surface area (Å²) in [7, 11) is 0. The summed E-state index contributed by atoms with van der Waals surface area (Å²) in [4.78, 5) is 23.9. The highest BCUT2D eigenvalue weighted by atomic mass is 79.9. The van der Waals surface area contributed by atoms with Gasteiger partial charge in [0.2, 0.25) is 6.08 Å². The first-order valence-electron chi connectivity index (χ1n) is 3.22. The molecule has 5 heteroatoms. The number of hydrogen-bond acceptors (Lipinski definition) is 2. The molecule has 0 atom stereocenters. The van der Waals surface area contributed by atoms with Gasteiger partial charge in [0.15, 0.2) is 0 Å². The van der Waals surface area contributed by atoms with E-state index < -0.39 is 5.91 Å². The van der Waals surface area contributed by atoms with E-state index in [1.54, 1.807) is 12.1 Å². The van der Waals surface area contributed by atoms with Crippen LogP contribution in [0.1, 0.15) is 10.4 Å². The van der Waals surface area contributed by atoms with Crippen LogP contribution in [0.3, 0.4) is 0 Å². The first-order chi connectivity index (χ1) is 6.15. The molecule has 0 radical (unpaired) electrons. The Labute approximate surface area is 87.6 Å². The van der Waals surface area contributed by atoms with Crippen LogP contribution in [-0.2, 0) is 4.79 Å². The lowest BCUT2D eigenvalue weighted by Gasteiger charge is -1.98. The second-order valence-electron chi connectivity index (χ2n) is 2.13. The van der Waals surface area contributed by atoms with Crippen LogP contribution in [-0.4, -0.2) is 12.0 Å². The molecule has 0 bridgehead atoms. The summed E-state index contributed by atoms with van der Waals surface area (Å²) in [6.07, 6.45) is 1.17. The minimum absolute atomic E-state index is 0.246. The van der Waals surface area contributed by atoms with Gasteiger partial charge in [0.1, 0.15) is 0 Å². The molecule has 0 saturated heterocycles. The topological polar surface area (TPSA) is 46.5 Å². The Hall–Kier alpha value is -0.960. The third-order valence-corrected chi connectivity index (χ3v) is 2.23. The lowest BCUT2D eigenvalue weighted by Crippen LogP contribution is -1.95. The molecule has 1 amide bonds. The predicted octanol–water partition coefficient (Wildman–Crippen LogP) is 2.58. The average molecular weight is 260 g/mol. The van der Waals surface area contributed by atoms with Crippen molar-refractivity contribution in [2.75, 3.05) is 0 Å². The van der Waals surface area contributed by atoms with Crippen LogP contribution in [0.15, 0.2) is 27.7 Å². The first-order valence-corrected chi connectivity index (χ1v) is 4.39. The average Bonchev–Trinajstić information content (AvgIpc) is 2.09. The van der Waals surface area contributed by atoms with Crippen molar-refractivity contribution in [1.29, 1.82) is 0 Å².